The van der Waals surface area contributed by atoms with Gasteiger partial charge in [-0.15, -0.1) is 0 Å². The predicted molar refractivity (Wildman–Crippen MR) is 110 cm³/mol. The van der Waals surface area contributed by atoms with Gasteiger partial charge >= 0.3 is 12.1 Å². The number of nitrogens with one attached hydrogen (secondary N) is 2. The summed E-state index contributed by atoms with van der Waals surface area (Å²) in [5.41, 5.74) is 0.398. The van der Waals surface area contributed by atoms with Crippen LogP contribution in [0.15, 0.2) is 48.5 Å². The minimum absolute atomic E-state index is 0.171. The Kier molecular flexibility index (Phi) is 6.79. The smallest absolute Gasteiger partial charge is 0.417 e. The first-order valence-electron chi connectivity index (χ1n) is 9.19. The highest BCUT2D eigenvalue weighted by Crippen LogP contribution is 2.35. The molecule has 0 saturated heterocycles. The predicted octanol–water partition coefficient (Wildman–Crippen LogP) is 5.20. The zero-order valence-electron chi connectivity index (χ0n) is 15.8. The summed E-state index contributed by atoms with van der Waals surface area (Å²) in [4.78, 5) is 15.9. The highest BCUT2D eigenvalue weighted by atomic mass is 35.5. The van der Waals surface area contributed by atoms with Crippen LogP contribution in [0.4, 0.5) is 19.0 Å². The summed E-state index contributed by atoms with van der Waals surface area (Å²) in [5.74, 6) is -0.571. The van der Waals surface area contributed by atoms with Crippen LogP contribution in [0, 0.1) is 0 Å². The highest BCUT2D eigenvalue weighted by molar-refractivity contribution is 6.31. The summed E-state index contributed by atoms with van der Waals surface area (Å²) < 4.78 is 38.7. The van der Waals surface area contributed by atoms with E-state index in [-0.39, 0.29) is 17.1 Å². The molecular weight excluding hydrogens is 419 g/mol. The summed E-state index contributed by atoms with van der Waals surface area (Å²) in [5, 5.41) is 15.8. The first kappa shape index (κ1) is 21.9. The maximum absolute atomic E-state index is 12.9. The molecule has 0 spiro atoms. The lowest BCUT2D eigenvalue weighted by atomic mass is 10.1. The van der Waals surface area contributed by atoms with Gasteiger partial charge in [0.05, 0.1) is 21.7 Å². The van der Waals surface area contributed by atoms with Crippen molar-refractivity contribution >= 4 is 34.3 Å². The number of nitrogens with zero attached hydrogens (tertiary/aromatic N) is 1. The molecule has 0 aliphatic rings. The third-order valence-corrected chi connectivity index (χ3v) is 4.78. The second kappa shape index (κ2) is 9.32. The van der Waals surface area contributed by atoms with Crippen molar-refractivity contribution in [2.75, 3.05) is 18.4 Å². The van der Waals surface area contributed by atoms with Gasteiger partial charge in [-0.2, -0.15) is 13.2 Å². The number of hydrogen-bond acceptors (Lipinski definition) is 4. The van der Waals surface area contributed by atoms with E-state index in [0.717, 1.165) is 6.07 Å². The molecular formula is C21H19ClF3N3O2. The fraction of sp³-hybridized carbons (Fsp3) is 0.238. The number of halogens is 4. The molecule has 158 valence electrons. The minimum Gasteiger partial charge on any atom is -0.478 e. The number of carbonyl (C=O) groups is 1. The number of aromatic carboxylic acids is 1. The van der Waals surface area contributed by atoms with Crippen molar-refractivity contribution in [2.45, 2.75) is 19.1 Å². The van der Waals surface area contributed by atoms with Crippen LogP contribution in [0.2, 0.25) is 5.02 Å². The fourth-order valence-electron chi connectivity index (χ4n) is 3.01. The molecule has 5 nitrogen and oxygen atoms in total. The van der Waals surface area contributed by atoms with Gasteiger partial charge < -0.3 is 15.7 Å². The number of benzene rings is 2. The fourth-order valence-corrected chi connectivity index (χ4v) is 3.23. The molecule has 1 aromatic heterocycles. The van der Waals surface area contributed by atoms with Crippen LogP contribution in [0.5, 0.6) is 0 Å². The Morgan fingerprint density at radius 2 is 1.87 bits per heavy atom. The summed E-state index contributed by atoms with van der Waals surface area (Å²) in [7, 11) is 0. The molecule has 0 aliphatic carbocycles. The van der Waals surface area contributed by atoms with Crippen LogP contribution in [-0.2, 0) is 12.7 Å². The van der Waals surface area contributed by atoms with Crippen molar-refractivity contribution in [2.24, 2.45) is 0 Å². The Hall–Kier alpha value is -2.84. The van der Waals surface area contributed by atoms with E-state index in [1.807, 2.05) is 0 Å². The zero-order valence-corrected chi connectivity index (χ0v) is 16.5. The number of anilines is 1. The van der Waals surface area contributed by atoms with Crippen LogP contribution >= 0.6 is 11.6 Å². The summed E-state index contributed by atoms with van der Waals surface area (Å²) >= 11 is 5.62. The van der Waals surface area contributed by atoms with Crippen LogP contribution in [0.1, 0.15) is 27.9 Å². The van der Waals surface area contributed by atoms with Gasteiger partial charge in [0.1, 0.15) is 5.82 Å². The molecule has 2 aromatic carbocycles. The van der Waals surface area contributed by atoms with Crippen molar-refractivity contribution in [3.63, 3.8) is 0 Å². The third-order valence-electron chi connectivity index (χ3n) is 4.45. The van der Waals surface area contributed by atoms with E-state index in [4.69, 9.17) is 11.6 Å². The Balaban J connectivity index is 1.51. The summed E-state index contributed by atoms with van der Waals surface area (Å²) in [6, 6.07) is 12.3. The Bertz CT molecular complexity index is 1060. The Morgan fingerprint density at radius 1 is 1.10 bits per heavy atom. The molecule has 0 bridgehead atoms. The number of hydrogen-bond donors (Lipinski definition) is 3. The maximum atomic E-state index is 12.9. The number of para-hydroxylation sites is 1. The molecule has 1 heterocycles. The average Bonchev–Trinajstić information content (AvgIpc) is 2.70. The van der Waals surface area contributed by atoms with E-state index >= 15 is 0 Å². The van der Waals surface area contributed by atoms with Gasteiger partial charge in [-0.05, 0) is 42.8 Å². The quantitative estimate of drug-likeness (QED) is 0.422. The van der Waals surface area contributed by atoms with Crippen molar-refractivity contribution in [1.82, 2.24) is 10.3 Å². The first-order chi connectivity index (χ1) is 14.3. The van der Waals surface area contributed by atoms with E-state index in [9.17, 15) is 23.1 Å². The number of pyridine rings is 1. The molecule has 0 fully saturated rings. The lowest BCUT2D eigenvalue weighted by molar-refractivity contribution is -0.137. The van der Waals surface area contributed by atoms with E-state index in [1.165, 1.54) is 12.1 Å². The highest BCUT2D eigenvalue weighted by Gasteiger charge is 2.33. The SMILES string of the molecule is O=C(O)c1cc(NCCCNCc2ccc(Cl)c(C(F)(F)F)c2)nc2ccccc12. The number of rotatable bonds is 8. The van der Waals surface area contributed by atoms with Crippen LogP contribution < -0.4 is 10.6 Å². The van der Waals surface area contributed by atoms with E-state index in [1.54, 1.807) is 30.3 Å². The van der Waals surface area contributed by atoms with Crippen molar-refractivity contribution in [3.8, 4) is 0 Å². The summed E-state index contributed by atoms with van der Waals surface area (Å²) in [6.45, 7) is 1.35. The lowest BCUT2D eigenvalue weighted by Crippen LogP contribution is -2.18. The molecule has 3 N–H and O–H groups in total. The largest absolute Gasteiger partial charge is 0.478 e. The van der Waals surface area contributed by atoms with E-state index < -0.39 is 17.7 Å². The second-order valence-electron chi connectivity index (χ2n) is 6.65. The molecule has 0 amide bonds. The van der Waals surface area contributed by atoms with Crippen LogP contribution in [0.25, 0.3) is 10.9 Å². The van der Waals surface area contributed by atoms with Crippen molar-refractivity contribution < 1.29 is 23.1 Å². The van der Waals surface area contributed by atoms with Gasteiger partial charge in [0.2, 0.25) is 0 Å². The van der Waals surface area contributed by atoms with Gasteiger partial charge in [0.15, 0.2) is 0 Å². The van der Waals surface area contributed by atoms with Crippen LogP contribution in [-0.4, -0.2) is 29.1 Å². The molecule has 0 radical (unpaired) electrons. The number of alkyl halides is 3. The summed E-state index contributed by atoms with van der Waals surface area (Å²) in [6.07, 6.45) is -3.82. The van der Waals surface area contributed by atoms with Crippen molar-refractivity contribution in [3.05, 3.63) is 70.2 Å². The van der Waals surface area contributed by atoms with Crippen LogP contribution in [0.3, 0.4) is 0 Å². The molecule has 9 heteroatoms. The third kappa shape index (κ3) is 5.40. The van der Waals surface area contributed by atoms with Crippen molar-refractivity contribution in [1.29, 1.82) is 0 Å². The van der Waals surface area contributed by atoms with E-state index in [0.29, 0.717) is 41.8 Å². The molecule has 0 saturated carbocycles. The standard InChI is InChI=1S/C21H19ClF3N3O2/c22-17-7-6-13(10-16(17)21(23,24)25)12-26-8-3-9-27-19-11-15(20(29)30)14-4-1-2-5-18(14)28-19/h1-2,4-7,10-11,26H,3,8-9,12H2,(H,27,28)(H,29,30). The first-order valence-corrected chi connectivity index (χ1v) is 9.57. The zero-order chi connectivity index (χ0) is 21.7. The van der Waals surface area contributed by atoms with Gasteiger partial charge in [-0.1, -0.05) is 35.9 Å². The molecule has 0 atom stereocenters. The lowest BCUT2D eigenvalue weighted by Gasteiger charge is -2.12. The minimum atomic E-state index is -4.49. The average molecular weight is 438 g/mol. The molecule has 3 rings (SSSR count). The monoisotopic (exact) mass is 437 g/mol. The maximum Gasteiger partial charge on any atom is 0.417 e. The van der Waals surface area contributed by atoms with Gasteiger partial charge in [-0.3, -0.25) is 0 Å². The van der Waals surface area contributed by atoms with Gasteiger partial charge in [0, 0.05) is 18.5 Å². The number of fused-ring (bicyclic) bond motifs is 1. The molecule has 0 unspecified atom stereocenters. The number of carboxylic acid groups (broad SMARTS) is 1. The number of carboxylic acids is 1. The van der Waals surface area contributed by atoms with Gasteiger partial charge in [0.25, 0.3) is 0 Å². The molecule has 30 heavy (non-hydrogen) atoms. The van der Waals surface area contributed by atoms with E-state index in [2.05, 4.69) is 15.6 Å². The number of aromatic nitrogens is 1. The normalized spacial score (nSPS) is 11.6. The topological polar surface area (TPSA) is 74.2 Å². The Labute approximate surface area is 175 Å². The Morgan fingerprint density at radius 3 is 2.60 bits per heavy atom. The second-order valence-corrected chi connectivity index (χ2v) is 7.05. The van der Waals surface area contributed by atoms with Gasteiger partial charge in [-0.25, -0.2) is 9.78 Å². The molecule has 3 aromatic rings. The molecule has 0 aliphatic heterocycles.